The van der Waals surface area contributed by atoms with Gasteiger partial charge in [0.1, 0.15) is 17.8 Å². The second-order valence-corrected chi connectivity index (χ2v) is 3.31. The Morgan fingerprint density at radius 1 is 1.19 bits per heavy atom. The van der Waals surface area contributed by atoms with E-state index in [2.05, 4.69) is 20.3 Å². The molecule has 0 bridgehead atoms. The van der Waals surface area contributed by atoms with Crippen molar-refractivity contribution in [2.24, 2.45) is 0 Å². The van der Waals surface area contributed by atoms with E-state index in [1.54, 1.807) is 0 Å². The minimum atomic E-state index is 0.255. The van der Waals surface area contributed by atoms with E-state index in [1.807, 2.05) is 25.1 Å². The summed E-state index contributed by atoms with van der Waals surface area (Å²) in [5.41, 5.74) is 12.5. The van der Waals surface area contributed by atoms with Crippen molar-refractivity contribution in [1.82, 2.24) is 15.0 Å². The first-order chi connectivity index (χ1) is 7.66. The van der Waals surface area contributed by atoms with E-state index in [-0.39, 0.29) is 5.82 Å². The molecule has 2 aromatic rings. The number of rotatable bonds is 2. The Kier molecular flexibility index (Phi) is 2.55. The molecule has 0 atom stereocenters. The number of hydrogen-bond donors (Lipinski definition) is 3. The lowest BCUT2D eigenvalue weighted by Gasteiger charge is -2.08. The van der Waals surface area contributed by atoms with Crippen LogP contribution in [0, 0.1) is 6.92 Å². The molecule has 0 fully saturated rings. The Morgan fingerprint density at radius 3 is 2.75 bits per heavy atom. The van der Waals surface area contributed by atoms with Crippen LogP contribution in [0.5, 0.6) is 0 Å². The molecule has 0 saturated heterocycles. The summed E-state index contributed by atoms with van der Waals surface area (Å²) in [6.07, 6.45) is 1.35. The van der Waals surface area contributed by atoms with Crippen LogP contribution in [0.3, 0.4) is 0 Å². The molecule has 0 aromatic carbocycles. The fraction of sp³-hybridized carbons (Fsp3) is 0.100. The van der Waals surface area contributed by atoms with Gasteiger partial charge in [-0.25, -0.2) is 15.0 Å². The zero-order valence-electron chi connectivity index (χ0n) is 8.81. The van der Waals surface area contributed by atoms with Gasteiger partial charge in [-0.1, -0.05) is 6.07 Å². The van der Waals surface area contributed by atoms with Crippen molar-refractivity contribution >= 4 is 23.1 Å². The monoisotopic (exact) mass is 216 g/mol. The number of nitrogens with two attached hydrogens (primary N) is 2. The highest BCUT2D eigenvalue weighted by molar-refractivity contribution is 5.75. The van der Waals surface area contributed by atoms with Gasteiger partial charge in [-0.05, 0) is 19.1 Å². The SMILES string of the molecule is Cc1cccc(Nc2ncnc(N)c2N)n1. The number of nitrogens with one attached hydrogen (secondary N) is 1. The molecule has 0 aliphatic carbocycles. The van der Waals surface area contributed by atoms with E-state index in [1.165, 1.54) is 6.33 Å². The maximum atomic E-state index is 5.73. The zero-order chi connectivity index (χ0) is 11.5. The Hall–Kier alpha value is -2.37. The second-order valence-electron chi connectivity index (χ2n) is 3.31. The Labute approximate surface area is 92.7 Å². The van der Waals surface area contributed by atoms with Crippen LogP contribution in [0.15, 0.2) is 24.5 Å². The molecule has 0 aliphatic heterocycles. The molecule has 6 nitrogen and oxygen atoms in total. The predicted molar refractivity (Wildman–Crippen MR) is 63.1 cm³/mol. The fourth-order valence-corrected chi connectivity index (χ4v) is 1.24. The van der Waals surface area contributed by atoms with Crippen LogP contribution < -0.4 is 16.8 Å². The lowest BCUT2D eigenvalue weighted by Crippen LogP contribution is -2.05. The van der Waals surface area contributed by atoms with E-state index in [0.717, 1.165) is 5.69 Å². The van der Waals surface area contributed by atoms with Crippen LogP contribution in [0.1, 0.15) is 5.69 Å². The third kappa shape index (κ3) is 2.00. The molecule has 0 spiro atoms. The van der Waals surface area contributed by atoms with Gasteiger partial charge in [0, 0.05) is 5.69 Å². The molecule has 0 amide bonds. The number of aromatic nitrogens is 3. The van der Waals surface area contributed by atoms with Crippen molar-refractivity contribution in [2.45, 2.75) is 6.92 Å². The van der Waals surface area contributed by atoms with Crippen LogP contribution in [-0.4, -0.2) is 15.0 Å². The maximum absolute atomic E-state index is 5.73. The quantitative estimate of drug-likeness (QED) is 0.694. The van der Waals surface area contributed by atoms with Crippen molar-refractivity contribution in [3.8, 4) is 0 Å². The first-order valence-corrected chi connectivity index (χ1v) is 4.73. The molecule has 0 saturated carbocycles. The number of nitrogen functional groups attached to an aromatic ring is 2. The van der Waals surface area contributed by atoms with Crippen LogP contribution >= 0.6 is 0 Å². The first-order valence-electron chi connectivity index (χ1n) is 4.73. The van der Waals surface area contributed by atoms with Crippen LogP contribution in [0.25, 0.3) is 0 Å². The fourth-order valence-electron chi connectivity index (χ4n) is 1.24. The van der Waals surface area contributed by atoms with Gasteiger partial charge >= 0.3 is 0 Å². The van der Waals surface area contributed by atoms with E-state index < -0.39 is 0 Å². The molecule has 0 aliphatic rings. The summed E-state index contributed by atoms with van der Waals surface area (Å²) in [5, 5.41) is 2.99. The average molecular weight is 216 g/mol. The first kappa shape index (κ1) is 10.2. The molecular formula is C10H12N6. The van der Waals surface area contributed by atoms with Gasteiger partial charge in [-0.15, -0.1) is 0 Å². The van der Waals surface area contributed by atoms with Gasteiger partial charge in [0.2, 0.25) is 0 Å². The lowest BCUT2D eigenvalue weighted by molar-refractivity contribution is 1.15. The van der Waals surface area contributed by atoms with Gasteiger partial charge in [0.25, 0.3) is 0 Å². The number of nitrogens with zero attached hydrogens (tertiary/aromatic N) is 3. The molecule has 82 valence electrons. The predicted octanol–water partition coefficient (Wildman–Crippen LogP) is 1.09. The third-order valence-electron chi connectivity index (χ3n) is 2.05. The average Bonchev–Trinajstić information content (AvgIpc) is 2.25. The van der Waals surface area contributed by atoms with E-state index in [9.17, 15) is 0 Å². The summed E-state index contributed by atoms with van der Waals surface area (Å²) < 4.78 is 0. The number of anilines is 4. The Balaban J connectivity index is 2.31. The zero-order valence-corrected chi connectivity index (χ0v) is 8.81. The van der Waals surface area contributed by atoms with Crippen molar-refractivity contribution in [1.29, 1.82) is 0 Å². The van der Waals surface area contributed by atoms with Crippen LogP contribution in [-0.2, 0) is 0 Å². The van der Waals surface area contributed by atoms with E-state index >= 15 is 0 Å². The normalized spacial score (nSPS) is 10.1. The largest absolute Gasteiger partial charge is 0.393 e. The summed E-state index contributed by atoms with van der Waals surface area (Å²) in [6.45, 7) is 1.91. The third-order valence-corrected chi connectivity index (χ3v) is 2.05. The van der Waals surface area contributed by atoms with Gasteiger partial charge in [-0.3, -0.25) is 0 Å². The minimum absolute atomic E-state index is 0.255. The summed E-state index contributed by atoms with van der Waals surface area (Å²) >= 11 is 0. The standard InChI is InChI=1S/C10H12N6/c1-6-3-2-4-7(15-6)16-10-8(11)9(12)13-5-14-10/h2-5H,11H2,1H3,(H3,12,13,14,15,16). The summed E-state index contributed by atoms with van der Waals surface area (Å²) in [7, 11) is 0. The van der Waals surface area contributed by atoms with Crippen molar-refractivity contribution < 1.29 is 0 Å². The molecule has 0 unspecified atom stereocenters. The van der Waals surface area contributed by atoms with Gasteiger partial charge in [0.05, 0.1) is 0 Å². The number of hydrogen-bond acceptors (Lipinski definition) is 6. The van der Waals surface area contributed by atoms with Gasteiger partial charge in [-0.2, -0.15) is 0 Å². The smallest absolute Gasteiger partial charge is 0.160 e. The molecule has 16 heavy (non-hydrogen) atoms. The maximum Gasteiger partial charge on any atom is 0.160 e. The van der Waals surface area contributed by atoms with E-state index in [4.69, 9.17) is 11.5 Å². The highest BCUT2D eigenvalue weighted by Crippen LogP contribution is 2.22. The molecule has 2 heterocycles. The van der Waals surface area contributed by atoms with E-state index in [0.29, 0.717) is 17.3 Å². The summed E-state index contributed by atoms with van der Waals surface area (Å²) in [5.74, 6) is 1.39. The number of aryl methyl sites for hydroxylation is 1. The lowest BCUT2D eigenvalue weighted by atomic mass is 10.3. The summed E-state index contributed by atoms with van der Waals surface area (Å²) in [6, 6.07) is 5.62. The van der Waals surface area contributed by atoms with Crippen LogP contribution in [0.2, 0.25) is 0 Å². The van der Waals surface area contributed by atoms with Crippen LogP contribution in [0.4, 0.5) is 23.1 Å². The molecule has 0 radical (unpaired) electrons. The van der Waals surface area contributed by atoms with Crippen molar-refractivity contribution in [3.63, 3.8) is 0 Å². The van der Waals surface area contributed by atoms with Gasteiger partial charge < -0.3 is 16.8 Å². The number of pyridine rings is 1. The summed E-state index contributed by atoms with van der Waals surface area (Å²) in [4.78, 5) is 12.0. The molecule has 2 rings (SSSR count). The topological polar surface area (TPSA) is 103 Å². The second kappa shape index (κ2) is 4.01. The molecule has 5 N–H and O–H groups in total. The highest BCUT2D eigenvalue weighted by atomic mass is 15.1. The highest BCUT2D eigenvalue weighted by Gasteiger charge is 2.05. The van der Waals surface area contributed by atoms with Crippen molar-refractivity contribution in [3.05, 3.63) is 30.2 Å². The van der Waals surface area contributed by atoms with Crippen molar-refractivity contribution in [2.75, 3.05) is 16.8 Å². The molecular weight excluding hydrogens is 204 g/mol. The minimum Gasteiger partial charge on any atom is -0.393 e. The molecule has 2 aromatic heterocycles. The Morgan fingerprint density at radius 2 is 2.00 bits per heavy atom. The Bertz CT molecular complexity index is 510. The molecule has 6 heteroatoms. The van der Waals surface area contributed by atoms with Gasteiger partial charge in [0.15, 0.2) is 11.6 Å².